The zero-order chi connectivity index (χ0) is 25.0. The Labute approximate surface area is 210 Å². The fourth-order valence-corrected chi connectivity index (χ4v) is 6.86. The van der Waals surface area contributed by atoms with Gasteiger partial charge in [-0.15, -0.1) is 10.2 Å². The Morgan fingerprint density at radius 3 is 2.47 bits per heavy atom. The highest BCUT2D eigenvalue weighted by molar-refractivity contribution is 6.30. The summed E-state index contributed by atoms with van der Waals surface area (Å²) in [6, 6.07) is 5.47. The lowest BCUT2D eigenvalue weighted by Gasteiger charge is -2.59. The minimum atomic E-state index is -4.15. The van der Waals surface area contributed by atoms with Gasteiger partial charge in [0.1, 0.15) is 5.82 Å². The van der Waals surface area contributed by atoms with Gasteiger partial charge in [-0.3, -0.25) is 14.3 Å². The molecule has 3 heterocycles. The number of likely N-dealkylation sites (tertiary alicyclic amines) is 1. The molecule has 0 radical (unpaired) electrons. The van der Waals surface area contributed by atoms with Gasteiger partial charge in [0.05, 0.1) is 18.2 Å². The average molecular weight is 524 g/mol. The Hall–Kier alpha value is -2.20. The number of hydrogen-bond acceptors (Lipinski definition) is 4. The maximum absolute atomic E-state index is 14.2. The number of nitrogens with zero attached hydrogens (tertiary/aromatic N) is 5. The van der Waals surface area contributed by atoms with Crippen molar-refractivity contribution in [1.29, 1.82) is 0 Å². The molecule has 0 unspecified atom stereocenters. The summed E-state index contributed by atoms with van der Waals surface area (Å²) < 4.78 is 55.6. The second-order valence-electron chi connectivity index (χ2n) is 11.6. The average Bonchev–Trinajstić information content (AvgIpc) is 3.37. The molecule has 1 saturated heterocycles. The first-order valence-electron chi connectivity index (χ1n) is 12.6. The van der Waals surface area contributed by atoms with E-state index in [1.807, 2.05) is 18.2 Å². The monoisotopic (exact) mass is 523 g/mol. The normalized spacial score (nSPS) is 28.4. The van der Waals surface area contributed by atoms with Crippen LogP contribution in [0.5, 0.6) is 0 Å². The van der Waals surface area contributed by atoms with Gasteiger partial charge in [0.25, 0.3) is 5.91 Å². The van der Waals surface area contributed by atoms with Crippen molar-refractivity contribution in [2.75, 3.05) is 13.1 Å². The van der Waals surface area contributed by atoms with Gasteiger partial charge in [-0.1, -0.05) is 11.6 Å². The van der Waals surface area contributed by atoms with Gasteiger partial charge in [-0.25, -0.2) is 4.39 Å². The Balaban J connectivity index is 1.11. The molecule has 1 spiro atoms. The van der Waals surface area contributed by atoms with Crippen LogP contribution < -0.4 is 0 Å². The van der Waals surface area contributed by atoms with E-state index < -0.39 is 17.8 Å². The molecule has 1 aromatic carbocycles. The van der Waals surface area contributed by atoms with Crippen molar-refractivity contribution < 1.29 is 22.4 Å². The van der Waals surface area contributed by atoms with Crippen molar-refractivity contribution in [3.05, 3.63) is 40.4 Å². The third-order valence-electron chi connectivity index (χ3n) is 8.98. The van der Waals surface area contributed by atoms with Crippen molar-refractivity contribution in [3.8, 4) is 5.69 Å². The van der Waals surface area contributed by atoms with E-state index in [-0.39, 0.29) is 36.1 Å². The van der Waals surface area contributed by atoms with Crippen LogP contribution in [0.2, 0.25) is 5.02 Å². The largest absolute Gasteiger partial charge is 0.391 e. The van der Waals surface area contributed by atoms with Crippen LogP contribution in [-0.2, 0) is 17.9 Å². The van der Waals surface area contributed by atoms with E-state index in [0.717, 1.165) is 35.7 Å². The molecule has 3 aliphatic carbocycles. The van der Waals surface area contributed by atoms with Crippen LogP contribution in [0.4, 0.5) is 17.6 Å². The highest BCUT2D eigenvalue weighted by Crippen LogP contribution is 2.57. The summed E-state index contributed by atoms with van der Waals surface area (Å²) in [6.45, 7) is 2.12. The fraction of sp³-hybridized carbons (Fsp3) is 0.640. The van der Waals surface area contributed by atoms with Gasteiger partial charge in [-0.05, 0) is 62.3 Å². The summed E-state index contributed by atoms with van der Waals surface area (Å²) >= 11 is 6.30. The molecule has 3 saturated carbocycles. The summed E-state index contributed by atoms with van der Waals surface area (Å²) in [6.07, 6.45) is -1.57. The van der Waals surface area contributed by atoms with Crippen molar-refractivity contribution in [2.45, 2.75) is 75.4 Å². The molecule has 6 nitrogen and oxygen atoms in total. The SMILES string of the molecule is O=C(N1CC2(CC(c3nnc4n3-c3ccc(Cl)cc3CN(C3CC(C(F)(F)F)C3)C4)C2)C1)C1(F)CC1. The van der Waals surface area contributed by atoms with Crippen LogP contribution in [0.1, 0.15) is 61.7 Å². The summed E-state index contributed by atoms with van der Waals surface area (Å²) in [4.78, 5) is 16.0. The number of hydrogen-bond donors (Lipinski definition) is 0. The maximum atomic E-state index is 14.2. The third-order valence-corrected chi connectivity index (χ3v) is 9.22. The fourth-order valence-electron chi connectivity index (χ4n) is 6.67. The first kappa shape index (κ1) is 23.0. The van der Waals surface area contributed by atoms with Gasteiger partial charge < -0.3 is 4.90 Å². The quantitative estimate of drug-likeness (QED) is 0.543. The summed E-state index contributed by atoms with van der Waals surface area (Å²) in [7, 11) is 0. The van der Waals surface area contributed by atoms with E-state index in [1.54, 1.807) is 4.90 Å². The molecule has 2 aliphatic heterocycles. The Kier molecular flexibility index (Phi) is 4.74. The van der Waals surface area contributed by atoms with E-state index in [1.165, 1.54) is 0 Å². The summed E-state index contributed by atoms with van der Waals surface area (Å²) in [5.74, 6) is 0.128. The third kappa shape index (κ3) is 3.50. The standard InChI is InChI=1S/C25H26ClF4N5O/c26-17-1-2-19-14(5-17)10-33(18-6-16(7-18)25(28,29)30)11-20-31-32-21(35(19)20)15-8-23(9-15)12-34(13-23)22(36)24(27)3-4-24/h1-2,5,15-16,18H,3-4,6-13H2. The molecule has 1 amide bonds. The molecule has 2 aromatic rings. The van der Waals surface area contributed by atoms with Gasteiger partial charge in [0.15, 0.2) is 11.5 Å². The number of benzene rings is 1. The minimum Gasteiger partial charge on any atom is -0.339 e. The molecule has 4 fully saturated rings. The van der Waals surface area contributed by atoms with Crippen molar-refractivity contribution in [1.82, 2.24) is 24.6 Å². The molecule has 0 bridgehead atoms. The summed E-state index contributed by atoms with van der Waals surface area (Å²) in [5.41, 5.74) is 0.274. The summed E-state index contributed by atoms with van der Waals surface area (Å²) in [5, 5.41) is 9.59. The molecule has 5 aliphatic rings. The van der Waals surface area contributed by atoms with Crippen LogP contribution in [-0.4, -0.2) is 61.4 Å². The number of rotatable bonds is 3. The number of carbonyl (C=O) groups excluding carboxylic acids is 1. The maximum Gasteiger partial charge on any atom is 0.391 e. The molecule has 11 heteroatoms. The second-order valence-corrected chi connectivity index (χ2v) is 12.0. The number of aromatic nitrogens is 3. The number of fused-ring (bicyclic) bond motifs is 3. The van der Waals surface area contributed by atoms with Gasteiger partial charge in [0.2, 0.25) is 0 Å². The lowest BCUT2D eigenvalue weighted by Crippen LogP contribution is -2.64. The molecule has 1 aromatic heterocycles. The highest BCUT2D eigenvalue weighted by atomic mass is 35.5. The zero-order valence-corrected chi connectivity index (χ0v) is 20.3. The molecule has 7 rings (SSSR count). The molecule has 192 valence electrons. The number of alkyl halides is 4. The van der Waals surface area contributed by atoms with Gasteiger partial charge in [0, 0.05) is 42.0 Å². The molecule has 36 heavy (non-hydrogen) atoms. The van der Waals surface area contributed by atoms with E-state index in [9.17, 15) is 22.4 Å². The lowest BCUT2D eigenvalue weighted by atomic mass is 9.57. The zero-order valence-electron chi connectivity index (χ0n) is 19.6. The first-order valence-corrected chi connectivity index (χ1v) is 12.9. The van der Waals surface area contributed by atoms with Crippen LogP contribution in [0.3, 0.4) is 0 Å². The highest BCUT2D eigenvalue weighted by Gasteiger charge is 2.61. The van der Waals surface area contributed by atoms with Gasteiger partial charge >= 0.3 is 6.18 Å². The number of amides is 1. The van der Waals surface area contributed by atoms with E-state index in [0.29, 0.717) is 44.0 Å². The van der Waals surface area contributed by atoms with Crippen molar-refractivity contribution in [3.63, 3.8) is 0 Å². The molecular weight excluding hydrogens is 498 g/mol. The minimum absolute atomic E-state index is 0.0239. The van der Waals surface area contributed by atoms with Crippen LogP contribution in [0, 0.1) is 11.3 Å². The first-order chi connectivity index (χ1) is 17.0. The van der Waals surface area contributed by atoms with Crippen LogP contribution in [0.25, 0.3) is 5.69 Å². The Morgan fingerprint density at radius 2 is 1.81 bits per heavy atom. The number of halogens is 5. The molecule has 0 atom stereocenters. The van der Waals surface area contributed by atoms with Crippen LogP contribution in [0.15, 0.2) is 18.2 Å². The Bertz CT molecular complexity index is 1240. The van der Waals surface area contributed by atoms with E-state index in [4.69, 9.17) is 11.6 Å². The van der Waals surface area contributed by atoms with Crippen LogP contribution >= 0.6 is 11.6 Å². The molecule has 0 N–H and O–H groups in total. The molecular formula is C25H26ClF4N5O. The predicted molar refractivity (Wildman–Crippen MR) is 122 cm³/mol. The van der Waals surface area contributed by atoms with Crippen molar-refractivity contribution in [2.24, 2.45) is 11.3 Å². The predicted octanol–water partition coefficient (Wildman–Crippen LogP) is 4.79. The van der Waals surface area contributed by atoms with E-state index in [2.05, 4.69) is 19.7 Å². The van der Waals surface area contributed by atoms with Gasteiger partial charge in [-0.2, -0.15) is 13.2 Å². The van der Waals surface area contributed by atoms with E-state index >= 15 is 0 Å². The van der Waals surface area contributed by atoms with Crippen molar-refractivity contribution >= 4 is 17.5 Å². The second kappa shape index (κ2) is 7.43. The number of carbonyl (C=O) groups is 1. The topological polar surface area (TPSA) is 54.3 Å². The smallest absolute Gasteiger partial charge is 0.339 e. The Morgan fingerprint density at radius 1 is 1.08 bits per heavy atom. The lowest BCUT2D eigenvalue weighted by molar-refractivity contribution is -0.207.